The van der Waals surface area contributed by atoms with E-state index in [1.54, 1.807) is 12.1 Å². The number of carbonyl (C=O) groups excluding carboxylic acids is 1. The van der Waals surface area contributed by atoms with Crippen LogP contribution in [0.4, 0.5) is 4.39 Å². The molecule has 3 nitrogen and oxygen atoms in total. The van der Waals surface area contributed by atoms with Crippen LogP contribution in [-0.4, -0.2) is 11.6 Å². The number of benzene rings is 1. The third kappa shape index (κ3) is 2.03. The molecule has 0 unspecified atom stereocenters. The van der Waals surface area contributed by atoms with Crippen LogP contribution < -0.4 is 5.43 Å². The lowest BCUT2D eigenvalue weighted by molar-refractivity contribution is -0.122. The Morgan fingerprint density at radius 2 is 2.07 bits per heavy atom. The van der Waals surface area contributed by atoms with Gasteiger partial charge in [0, 0.05) is 5.71 Å². The van der Waals surface area contributed by atoms with E-state index in [-0.39, 0.29) is 17.6 Å². The minimum absolute atomic E-state index is 0.0863. The number of hydrogen-bond acceptors (Lipinski definition) is 2. The summed E-state index contributed by atoms with van der Waals surface area (Å²) in [4.78, 5) is 11.4. The van der Waals surface area contributed by atoms with Crippen molar-refractivity contribution in [2.24, 2.45) is 11.0 Å². The smallest absolute Gasteiger partial charge is 0.249 e. The number of rotatable bonds is 2. The van der Waals surface area contributed by atoms with Crippen molar-refractivity contribution in [3.8, 4) is 0 Å². The molecular weight excluding hydrogens is 195 g/mol. The van der Waals surface area contributed by atoms with Crippen molar-refractivity contribution in [1.82, 2.24) is 5.43 Å². The molecule has 1 heterocycles. The molecule has 0 aliphatic carbocycles. The molecule has 15 heavy (non-hydrogen) atoms. The van der Waals surface area contributed by atoms with Gasteiger partial charge in [-0.05, 0) is 31.0 Å². The highest BCUT2D eigenvalue weighted by Crippen LogP contribution is 2.14. The molecule has 2 rings (SSSR count). The Labute approximate surface area is 87.0 Å². The van der Waals surface area contributed by atoms with Gasteiger partial charge in [-0.1, -0.05) is 12.1 Å². The maximum atomic E-state index is 12.7. The van der Waals surface area contributed by atoms with Gasteiger partial charge in [0.05, 0.1) is 5.92 Å². The summed E-state index contributed by atoms with van der Waals surface area (Å²) in [5.74, 6) is -0.563. The number of hydrogen-bond donors (Lipinski definition) is 1. The van der Waals surface area contributed by atoms with Crippen molar-refractivity contribution in [3.05, 3.63) is 35.6 Å². The molecule has 0 radical (unpaired) electrons. The number of nitrogens with zero attached hydrogens (tertiary/aromatic N) is 1. The molecule has 1 aromatic carbocycles. The number of halogens is 1. The van der Waals surface area contributed by atoms with E-state index in [9.17, 15) is 9.18 Å². The fourth-order valence-corrected chi connectivity index (χ4v) is 1.59. The first-order valence-corrected chi connectivity index (χ1v) is 4.75. The molecule has 4 heteroatoms. The zero-order valence-electron chi connectivity index (χ0n) is 8.33. The van der Waals surface area contributed by atoms with Crippen LogP contribution in [0.1, 0.15) is 12.5 Å². The van der Waals surface area contributed by atoms with Gasteiger partial charge in [-0.15, -0.1) is 0 Å². The molecule has 78 valence electrons. The summed E-state index contributed by atoms with van der Waals surface area (Å²) in [5, 5.41) is 3.86. The maximum Gasteiger partial charge on any atom is 0.249 e. The fraction of sp³-hybridized carbons (Fsp3) is 0.273. The summed E-state index contributed by atoms with van der Waals surface area (Å²) < 4.78 is 12.7. The Kier molecular flexibility index (Phi) is 2.49. The highest BCUT2D eigenvalue weighted by atomic mass is 19.1. The summed E-state index contributed by atoms with van der Waals surface area (Å²) in [6.07, 6.45) is 0.571. The molecule has 0 bridgehead atoms. The number of nitrogens with one attached hydrogen (secondary N) is 1. The molecular formula is C11H11FN2O. The zero-order chi connectivity index (χ0) is 10.8. The second-order valence-corrected chi connectivity index (χ2v) is 3.61. The van der Waals surface area contributed by atoms with E-state index in [4.69, 9.17) is 0 Å². The highest BCUT2D eigenvalue weighted by Gasteiger charge is 2.26. The highest BCUT2D eigenvalue weighted by molar-refractivity contribution is 6.07. The molecule has 0 saturated heterocycles. The van der Waals surface area contributed by atoms with Crippen LogP contribution in [0.3, 0.4) is 0 Å². The van der Waals surface area contributed by atoms with Crippen molar-refractivity contribution in [2.45, 2.75) is 13.3 Å². The van der Waals surface area contributed by atoms with Crippen LogP contribution in [0.15, 0.2) is 29.4 Å². The first kappa shape index (κ1) is 9.83. The minimum Gasteiger partial charge on any atom is -0.272 e. The summed E-state index contributed by atoms with van der Waals surface area (Å²) in [6, 6.07) is 6.17. The van der Waals surface area contributed by atoms with Gasteiger partial charge in [0.15, 0.2) is 0 Å². The van der Waals surface area contributed by atoms with Crippen LogP contribution in [0, 0.1) is 11.7 Å². The molecule has 1 aliphatic rings. The predicted molar refractivity (Wildman–Crippen MR) is 54.8 cm³/mol. The van der Waals surface area contributed by atoms with E-state index < -0.39 is 0 Å². The van der Waals surface area contributed by atoms with Crippen LogP contribution in [0.2, 0.25) is 0 Å². The van der Waals surface area contributed by atoms with Crippen molar-refractivity contribution < 1.29 is 9.18 Å². The van der Waals surface area contributed by atoms with Gasteiger partial charge in [0.2, 0.25) is 5.91 Å². The van der Waals surface area contributed by atoms with E-state index >= 15 is 0 Å². The first-order valence-electron chi connectivity index (χ1n) is 4.75. The van der Waals surface area contributed by atoms with Gasteiger partial charge in [-0.3, -0.25) is 4.79 Å². The van der Waals surface area contributed by atoms with Crippen molar-refractivity contribution in [1.29, 1.82) is 0 Å². The molecule has 0 saturated carbocycles. The Hall–Kier alpha value is -1.71. The summed E-state index contributed by atoms with van der Waals surface area (Å²) in [5.41, 5.74) is 4.15. The van der Waals surface area contributed by atoms with Gasteiger partial charge in [-0.2, -0.15) is 5.10 Å². The van der Waals surface area contributed by atoms with Crippen LogP contribution >= 0.6 is 0 Å². The molecule has 0 spiro atoms. The summed E-state index contributed by atoms with van der Waals surface area (Å²) in [6.45, 7) is 1.81. The molecule has 0 fully saturated rings. The molecule has 0 aromatic heterocycles. The first-order chi connectivity index (χ1) is 7.16. The lowest BCUT2D eigenvalue weighted by atomic mass is 9.96. The normalized spacial score (nSPS) is 20.0. The fourth-order valence-electron chi connectivity index (χ4n) is 1.59. The Morgan fingerprint density at radius 1 is 1.40 bits per heavy atom. The quantitative estimate of drug-likeness (QED) is 0.782. The standard InChI is InChI=1S/C11H11FN2O/c1-7-10(11(15)14-13-7)6-8-2-4-9(12)5-3-8/h2-5,10H,6H2,1H3,(H,14,15)/t10-/m1/s1. The van der Waals surface area contributed by atoms with Crippen LogP contribution in [0.5, 0.6) is 0 Å². The number of amides is 1. The zero-order valence-corrected chi connectivity index (χ0v) is 8.33. The average Bonchev–Trinajstić information content (AvgIpc) is 2.53. The number of carbonyl (C=O) groups is 1. The summed E-state index contributed by atoms with van der Waals surface area (Å²) in [7, 11) is 0. The second kappa shape index (κ2) is 3.81. The maximum absolute atomic E-state index is 12.7. The summed E-state index contributed by atoms with van der Waals surface area (Å²) >= 11 is 0. The Morgan fingerprint density at radius 3 is 2.60 bits per heavy atom. The van der Waals surface area contributed by atoms with E-state index in [1.165, 1.54) is 12.1 Å². The van der Waals surface area contributed by atoms with Crippen molar-refractivity contribution >= 4 is 11.6 Å². The Bertz CT molecular complexity index is 411. The van der Waals surface area contributed by atoms with Gasteiger partial charge < -0.3 is 0 Å². The van der Waals surface area contributed by atoms with E-state index in [1.807, 2.05) is 6.92 Å². The largest absolute Gasteiger partial charge is 0.272 e. The van der Waals surface area contributed by atoms with Gasteiger partial charge in [0.25, 0.3) is 0 Å². The van der Waals surface area contributed by atoms with E-state index in [2.05, 4.69) is 10.5 Å². The van der Waals surface area contributed by atoms with E-state index in [0.717, 1.165) is 11.3 Å². The monoisotopic (exact) mass is 206 g/mol. The van der Waals surface area contributed by atoms with Gasteiger partial charge in [-0.25, -0.2) is 9.82 Å². The predicted octanol–water partition coefficient (Wildman–Crippen LogP) is 1.49. The third-order valence-electron chi connectivity index (χ3n) is 2.52. The third-order valence-corrected chi connectivity index (χ3v) is 2.52. The van der Waals surface area contributed by atoms with Crippen LogP contribution in [0.25, 0.3) is 0 Å². The van der Waals surface area contributed by atoms with E-state index in [0.29, 0.717) is 6.42 Å². The van der Waals surface area contributed by atoms with Gasteiger partial charge >= 0.3 is 0 Å². The SMILES string of the molecule is CC1=NNC(=O)[C@@H]1Cc1ccc(F)cc1. The topological polar surface area (TPSA) is 41.5 Å². The Balaban J connectivity index is 2.12. The average molecular weight is 206 g/mol. The molecule has 1 aromatic rings. The molecule has 1 atom stereocenters. The van der Waals surface area contributed by atoms with Gasteiger partial charge in [0.1, 0.15) is 5.82 Å². The molecule has 1 N–H and O–H groups in total. The van der Waals surface area contributed by atoms with Crippen LogP contribution in [-0.2, 0) is 11.2 Å². The van der Waals surface area contributed by atoms with Crippen molar-refractivity contribution in [2.75, 3.05) is 0 Å². The molecule has 1 amide bonds. The minimum atomic E-state index is -0.264. The van der Waals surface area contributed by atoms with Crippen molar-refractivity contribution in [3.63, 3.8) is 0 Å². The molecule has 1 aliphatic heterocycles. The number of hydrazone groups is 1. The lowest BCUT2D eigenvalue weighted by Gasteiger charge is -2.07. The second-order valence-electron chi connectivity index (χ2n) is 3.61. The lowest BCUT2D eigenvalue weighted by Crippen LogP contribution is -2.24.